The summed E-state index contributed by atoms with van der Waals surface area (Å²) in [7, 11) is 0. The summed E-state index contributed by atoms with van der Waals surface area (Å²) in [6, 6.07) is 17.2. The predicted octanol–water partition coefficient (Wildman–Crippen LogP) is 2.27. The second-order valence-corrected chi connectivity index (χ2v) is 5.86. The summed E-state index contributed by atoms with van der Waals surface area (Å²) < 4.78 is 0. The first kappa shape index (κ1) is 18.8. The van der Waals surface area contributed by atoms with Crippen LogP contribution in [0.3, 0.4) is 0 Å². The monoisotopic (exact) mass is 341 g/mol. The van der Waals surface area contributed by atoms with Gasteiger partial charge in [0.15, 0.2) is 5.96 Å². The maximum absolute atomic E-state index is 9.64. The van der Waals surface area contributed by atoms with Crippen molar-refractivity contribution in [2.24, 2.45) is 4.99 Å². The highest BCUT2D eigenvalue weighted by molar-refractivity contribution is 5.79. The van der Waals surface area contributed by atoms with Gasteiger partial charge in [0.2, 0.25) is 0 Å². The molecule has 0 aromatic heterocycles. The molecule has 0 bridgehead atoms. The zero-order chi connectivity index (χ0) is 17.9. The molecule has 2 aromatic rings. The molecule has 0 aliphatic carbocycles. The van der Waals surface area contributed by atoms with Gasteiger partial charge in [0.05, 0.1) is 13.2 Å². The van der Waals surface area contributed by atoms with E-state index in [-0.39, 0.29) is 18.3 Å². The van der Waals surface area contributed by atoms with E-state index < -0.39 is 0 Å². The zero-order valence-electron chi connectivity index (χ0n) is 14.7. The molecule has 2 aromatic carbocycles. The minimum Gasteiger partial charge on any atom is -0.508 e. The number of nitrogens with zero attached hydrogens (tertiary/aromatic N) is 1. The van der Waals surface area contributed by atoms with Crippen molar-refractivity contribution in [3.05, 3.63) is 65.7 Å². The highest BCUT2D eigenvalue weighted by Gasteiger charge is 2.09. The summed E-state index contributed by atoms with van der Waals surface area (Å²) in [5.41, 5.74) is 2.16. The SMILES string of the molecule is CCNC(=NCC(CO)c1ccccc1)NCCc1cccc(O)c1. The van der Waals surface area contributed by atoms with Crippen molar-refractivity contribution in [1.82, 2.24) is 10.6 Å². The van der Waals surface area contributed by atoms with Gasteiger partial charge in [0, 0.05) is 19.0 Å². The van der Waals surface area contributed by atoms with Gasteiger partial charge in [-0.2, -0.15) is 0 Å². The van der Waals surface area contributed by atoms with Crippen LogP contribution in [0.25, 0.3) is 0 Å². The average Bonchev–Trinajstić information content (AvgIpc) is 2.63. The Morgan fingerprint density at radius 1 is 1.08 bits per heavy atom. The van der Waals surface area contributed by atoms with Crippen LogP contribution in [-0.2, 0) is 6.42 Å². The molecule has 2 rings (SSSR count). The Hall–Kier alpha value is -2.53. The Bertz CT molecular complexity index is 659. The third-order valence-electron chi connectivity index (χ3n) is 3.92. The van der Waals surface area contributed by atoms with Gasteiger partial charge in [-0.1, -0.05) is 42.5 Å². The van der Waals surface area contributed by atoms with Crippen molar-refractivity contribution < 1.29 is 10.2 Å². The molecule has 0 spiro atoms. The standard InChI is InChI=1S/C20H27N3O2/c1-2-21-20(22-12-11-16-7-6-10-19(25)13-16)23-14-18(15-24)17-8-4-3-5-9-17/h3-10,13,18,24-25H,2,11-12,14-15H2,1H3,(H2,21,22,23). The summed E-state index contributed by atoms with van der Waals surface area (Å²) >= 11 is 0. The number of hydrogen-bond donors (Lipinski definition) is 4. The first-order valence-electron chi connectivity index (χ1n) is 8.68. The Morgan fingerprint density at radius 2 is 1.88 bits per heavy atom. The van der Waals surface area contributed by atoms with Gasteiger partial charge in [0.1, 0.15) is 5.75 Å². The van der Waals surface area contributed by atoms with Crippen LogP contribution in [0.2, 0.25) is 0 Å². The van der Waals surface area contributed by atoms with E-state index in [9.17, 15) is 10.2 Å². The molecule has 0 fully saturated rings. The van der Waals surface area contributed by atoms with Crippen LogP contribution in [0, 0.1) is 0 Å². The Balaban J connectivity index is 1.90. The highest BCUT2D eigenvalue weighted by atomic mass is 16.3. The van der Waals surface area contributed by atoms with Crippen LogP contribution in [-0.4, -0.2) is 42.4 Å². The summed E-state index contributed by atoms with van der Waals surface area (Å²) in [5.74, 6) is 1.01. The summed E-state index contributed by atoms with van der Waals surface area (Å²) in [6.07, 6.45) is 0.793. The fourth-order valence-corrected chi connectivity index (χ4v) is 2.57. The van der Waals surface area contributed by atoms with Crippen molar-refractivity contribution in [3.63, 3.8) is 0 Å². The number of phenolic OH excluding ortho intramolecular Hbond substituents is 1. The fourth-order valence-electron chi connectivity index (χ4n) is 2.57. The fraction of sp³-hybridized carbons (Fsp3) is 0.350. The lowest BCUT2D eigenvalue weighted by atomic mass is 10.0. The quantitative estimate of drug-likeness (QED) is 0.439. The molecule has 134 valence electrons. The van der Waals surface area contributed by atoms with Crippen LogP contribution in [0.4, 0.5) is 0 Å². The van der Waals surface area contributed by atoms with Crippen LogP contribution in [0.15, 0.2) is 59.6 Å². The first-order valence-corrected chi connectivity index (χ1v) is 8.68. The summed E-state index contributed by atoms with van der Waals surface area (Å²) in [6.45, 7) is 4.09. The molecule has 0 aliphatic heterocycles. The Kier molecular flexibility index (Phi) is 7.79. The van der Waals surface area contributed by atoms with E-state index in [2.05, 4.69) is 15.6 Å². The molecule has 0 radical (unpaired) electrons. The normalized spacial score (nSPS) is 12.6. The second-order valence-electron chi connectivity index (χ2n) is 5.86. The number of rotatable bonds is 8. The minimum atomic E-state index is -0.0114. The molecular formula is C20H27N3O2. The lowest BCUT2D eigenvalue weighted by Crippen LogP contribution is -2.38. The van der Waals surface area contributed by atoms with Crippen LogP contribution in [0.5, 0.6) is 5.75 Å². The Labute approximate surface area is 149 Å². The first-order chi connectivity index (χ1) is 12.2. The van der Waals surface area contributed by atoms with Gasteiger partial charge in [-0.3, -0.25) is 4.99 Å². The summed E-state index contributed by atoms with van der Waals surface area (Å²) in [4.78, 5) is 4.59. The van der Waals surface area contributed by atoms with Gasteiger partial charge in [0.25, 0.3) is 0 Å². The van der Waals surface area contributed by atoms with Crippen molar-refractivity contribution >= 4 is 5.96 Å². The number of benzene rings is 2. The molecule has 0 saturated carbocycles. The minimum absolute atomic E-state index is 0.0114. The summed E-state index contributed by atoms with van der Waals surface area (Å²) in [5, 5.41) is 25.7. The van der Waals surface area contributed by atoms with E-state index in [4.69, 9.17) is 0 Å². The number of phenols is 1. The lowest BCUT2D eigenvalue weighted by Gasteiger charge is -2.15. The molecule has 25 heavy (non-hydrogen) atoms. The highest BCUT2D eigenvalue weighted by Crippen LogP contribution is 2.15. The van der Waals surface area contributed by atoms with E-state index >= 15 is 0 Å². The molecule has 0 amide bonds. The largest absolute Gasteiger partial charge is 0.508 e. The van der Waals surface area contributed by atoms with Gasteiger partial charge >= 0.3 is 0 Å². The number of hydrogen-bond acceptors (Lipinski definition) is 3. The molecule has 0 aliphatic rings. The van der Waals surface area contributed by atoms with Crippen LogP contribution >= 0.6 is 0 Å². The third-order valence-corrected chi connectivity index (χ3v) is 3.92. The third kappa shape index (κ3) is 6.47. The number of guanidine groups is 1. The maximum Gasteiger partial charge on any atom is 0.191 e. The topological polar surface area (TPSA) is 76.9 Å². The molecule has 1 atom stereocenters. The lowest BCUT2D eigenvalue weighted by molar-refractivity contribution is 0.268. The van der Waals surface area contributed by atoms with E-state index in [0.717, 1.165) is 30.1 Å². The van der Waals surface area contributed by atoms with Crippen molar-refractivity contribution in [1.29, 1.82) is 0 Å². The number of nitrogens with one attached hydrogen (secondary N) is 2. The average molecular weight is 341 g/mol. The van der Waals surface area contributed by atoms with Crippen molar-refractivity contribution in [3.8, 4) is 5.75 Å². The van der Waals surface area contributed by atoms with E-state index in [0.29, 0.717) is 13.1 Å². The van der Waals surface area contributed by atoms with Crippen molar-refractivity contribution in [2.75, 3.05) is 26.2 Å². The van der Waals surface area contributed by atoms with E-state index in [1.807, 2.05) is 49.4 Å². The maximum atomic E-state index is 9.64. The van der Waals surface area contributed by atoms with Gasteiger partial charge in [-0.25, -0.2) is 0 Å². The van der Waals surface area contributed by atoms with Gasteiger partial charge in [-0.05, 0) is 36.6 Å². The second kappa shape index (κ2) is 10.4. The van der Waals surface area contributed by atoms with Crippen LogP contribution < -0.4 is 10.6 Å². The van der Waals surface area contributed by atoms with Gasteiger partial charge < -0.3 is 20.8 Å². The Morgan fingerprint density at radius 3 is 2.56 bits per heavy atom. The number of aliphatic hydroxyl groups excluding tert-OH is 1. The molecular weight excluding hydrogens is 314 g/mol. The van der Waals surface area contributed by atoms with Crippen LogP contribution in [0.1, 0.15) is 24.0 Å². The number of aliphatic imine (C=N–C) groups is 1. The number of aromatic hydroxyl groups is 1. The predicted molar refractivity (Wildman–Crippen MR) is 102 cm³/mol. The number of aliphatic hydroxyl groups is 1. The molecule has 0 heterocycles. The molecule has 1 unspecified atom stereocenters. The van der Waals surface area contributed by atoms with Crippen molar-refractivity contribution in [2.45, 2.75) is 19.3 Å². The van der Waals surface area contributed by atoms with Gasteiger partial charge in [-0.15, -0.1) is 0 Å². The molecule has 4 N–H and O–H groups in total. The van der Waals surface area contributed by atoms with E-state index in [1.165, 1.54) is 0 Å². The molecule has 5 nitrogen and oxygen atoms in total. The molecule has 5 heteroatoms. The molecule has 0 saturated heterocycles. The van der Waals surface area contributed by atoms with E-state index in [1.54, 1.807) is 12.1 Å². The smallest absolute Gasteiger partial charge is 0.191 e. The zero-order valence-corrected chi connectivity index (χ0v) is 14.7.